The summed E-state index contributed by atoms with van der Waals surface area (Å²) in [7, 11) is 0. The molecule has 1 aliphatic heterocycles. The van der Waals surface area contributed by atoms with E-state index in [4.69, 9.17) is 0 Å². The summed E-state index contributed by atoms with van der Waals surface area (Å²) in [4.78, 5) is 2.58. The van der Waals surface area contributed by atoms with E-state index in [2.05, 4.69) is 63.0 Å². The second-order valence-corrected chi connectivity index (χ2v) is 6.65. The van der Waals surface area contributed by atoms with E-state index in [-0.39, 0.29) is 0 Å². The van der Waals surface area contributed by atoms with Crippen LogP contribution in [0.1, 0.15) is 56.3 Å². The van der Waals surface area contributed by atoms with E-state index in [1.54, 1.807) is 0 Å². The molecule has 0 bridgehead atoms. The topological polar surface area (TPSA) is 15.3 Å². The first kappa shape index (κ1) is 15.5. The molecule has 0 saturated carbocycles. The first-order chi connectivity index (χ1) is 9.47. The summed E-state index contributed by atoms with van der Waals surface area (Å²) in [5.41, 5.74) is 4.20. The van der Waals surface area contributed by atoms with Crippen LogP contribution < -0.4 is 5.32 Å². The Hall–Kier alpha value is -0.860. The van der Waals surface area contributed by atoms with E-state index in [0.29, 0.717) is 18.1 Å². The standard InChI is InChI=1S/C18H30N2/c1-13(2)20-10-8-17(9-11-20)19-16(5)18-7-6-14(3)12-15(18)4/h6-7,12-13,16-17,19H,8-11H2,1-5H3. The largest absolute Gasteiger partial charge is 0.307 e. The first-order valence-corrected chi connectivity index (χ1v) is 8.04. The Morgan fingerprint density at radius 1 is 1.10 bits per heavy atom. The number of rotatable bonds is 4. The van der Waals surface area contributed by atoms with E-state index in [9.17, 15) is 0 Å². The molecule has 0 spiro atoms. The molecule has 2 rings (SSSR count). The highest BCUT2D eigenvalue weighted by Gasteiger charge is 2.22. The van der Waals surface area contributed by atoms with E-state index < -0.39 is 0 Å². The van der Waals surface area contributed by atoms with Crippen LogP contribution in [0.5, 0.6) is 0 Å². The molecule has 0 amide bonds. The van der Waals surface area contributed by atoms with Gasteiger partial charge in [0.2, 0.25) is 0 Å². The van der Waals surface area contributed by atoms with Crippen molar-refractivity contribution in [2.24, 2.45) is 0 Å². The molecule has 2 nitrogen and oxygen atoms in total. The van der Waals surface area contributed by atoms with Crippen LogP contribution in [-0.4, -0.2) is 30.1 Å². The van der Waals surface area contributed by atoms with Crippen molar-refractivity contribution in [1.29, 1.82) is 0 Å². The van der Waals surface area contributed by atoms with Crippen LogP contribution in [0.2, 0.25) is 0 Å². The van der Waals surface area contributed by atoms with E-state index in [1.165, 1.54) is 42.6 Å². The van der Waals surface area contributed by atoms with Crippen LogP contribution in [0.25, 0.3) is 0 Å². The predicted octanol–water partition coefficient (Wildman–Crippen LogP) is 3.83. The maximum absolute atomic E-state index is 3.83. The quantitative estimate of drug-likeness (QED) is 0.897. The lowest BCUT2D eigenvalue weighted by molar-refractivity contribution is 0.157. The zero-order valence-corrected chi connectivity index (χ0v) is 13.7. The molecular weight excluding hydrogens is 244 g/mol. The van der Waals surface area contributed by atoms with Crippen molar-refractivity contribution in [1.82, 2.24) is 10.2 Å². The molecule has 0 aliphatic carbocycles. The van der Waals surface area contributed by atoms with Crippen molar-refractivity contribution < 1.29 is 0 Å². The molecular formula is C18H30N2. The van der Waals surface area contributed by atoms with E-state index >= 15 is 0 Å². The average molecular weight is 274 g/mol. The number of likely N-dealkylation sites (tertiary alicyclic amines) is 1. The maximum atomic E-state index is 3.83. The fourth-order valence-electron chi connectivity index (χ4n) is 3.34. The van der Waals surface area contributed by atoms with Gasteiger partial charge in [0.25, 0.3) is 0 Å². The molecule has 2 heteroatoms. The van der Waals surface area contributed by atoms with Crippen LogP contribution in [0.15, 0.2) is 18.2 Å². The van der Waals surface area contributed by atoms with Crippen LogP contribution in [0, 0.1) is 13.8 Å². The van der Waals surface area contributed by atoms with Crippen molar-refractivity contribution in [3.63, 3.8) is 0 Å². The monoisotopic (exact) mass is 274 g/mol. The maximum Gasteiger partial charge on any atom is 0.0296 e. The molecule has 1 fully saturated rings. The van der Waals surface area contributed by atoms with E-state index in [1.807, 2.05) is 0 Å². The minimum absolute atomic E-state index is 0.450. The van der Waals surface area contributed by atoms with Gasteiger partial charge in [-0.25, -0.2) is 0 Å². The number of aryl methyl sites for hydroxylation is 2. The number of hydrogen-bond donors (Lipinski definition) is 1. The van der Waals surface area contributed by atoms with E-state index in [0.717, 1.165) is 0 Å². The van der Waals surface area contributed by atoms with Crippen molar-refractivity contribution in [2.45, 2.75) is 65.6 Å². The van der Waals surface area contributed by atoms with Crippen molar-refractivity contribution >= 4 is 0 Å². The molecule has 0 radical (unpaired) electrons. The first-order valence-electron chi connectivity index (χ1n) is 8.04. The van der Waals surface area contributed by atoms with Gasteiger partial charge in [0.15, 0.2) is 0 Å². The van der Waals surface area contributed by atoms with Gasteiger partial charge in [-0.15, -0.1) is 0 Å². The Labute approximate surface area is 124 Å². The molecule has 1 N–H and O–H groups in total. The lowest BCUT2D eigenvalue weighted by Gasteiger charge is -2.36. The molecule has 0 aromatic heterocycles. The third-order valence-corrected chi connectivity index (χ3v) is 4.64. The van der Waals surface area contributed by atoms with Gasteiger partial charge < -0.3 is 10.2 Å². The van der Waals surface area contributed by atoms with Gasteiger partial charge in [-0.3, -0.25) is 0 Å². The second-order valence-electron chi connectivity index (χ2n) is 6.65. The SMILES string of the molecule is Cc1ccc(C(C)NC2CCN(C(C)C)CC2)c(C)c1. The zero-order chi connectivity index (χ0) is 14.7. The summed E-state index contributed by atoms with van der Waals surface area (Å²) < 4.78 is 0. The Morgan fingerprint density at radius 3 is 2.30 bits per heavy atom. The molecule has 1 atom stereocenters. The molecule has 1 aliphatic rings. The highest BCUT2D eigenvalue weighted by molar-refractivity contribution is 5.32. The fraction of sp³-hybridized carbons (Fsp3) is 0.667. The second kappa shape index (κ2) is 6.73. The van der Waals surface area contributed by atoms with Gasteiger partial charge in [0.1, 0.15) is 0 Å². The molecule has 1 aromatic rings. The predicted molar refractivity (Wildman–Crippen MR) is 87.2 cm³/mol. The lowest BCUT2D eigenvalue weighted by Crippen LogP contribution is -2.45. The number of nitrogens with zero attached hydrogens (tertiary/aromatic N) is 1. The van der Waals surface area contributed by atoms with Crippen molar-refractivity contribution in [3.05, 3.63) is 34.9 Å². The van der Waals surface area contributed by atoms with Crippen LogP contribution in [0.3, 0.4) is 0 Å². The summed E-state index contributed by atoms with van der Waals surface area (Å²) >= 11 is 0. The van der Waals surface area contributed by atoms with Crippen LogP contribution in [-0.2, 0) is 0 Å². The summed E-state index contributed by atoms with van der Waals surface area (Å²) in [5.74, 6) is 0. The number of hydrogen-bond acceptors (Lipinski definition) is 2. The van der Waals surface area contributed by atoms with Gasteiger partial charge >= 0.3 is 0 Å². The molecule has 1 unspecified atom stereocenters. The number of benzene rings is 1. The Kier molecular flexibility index (Phi) is 5.22. The third-order valence-electron chi connectivity index (χ3n) is 4.64. The third kappa shape index (κ3) is 3.83. The van der Waals surface area contributed by atoms with Crippen LogP contribution >= 0.6 is 0 Å². The Morgan fingerprint density at radius 2 is 1.75 bits per heavy atom. The zero-order valence-electron chi connectivity index (χ0n) is 13.7. The Bertz CT molecular complexity index is 431. The minimum atomic E-state index is 0.450. The van der Waals surface area contributed by atoms with Gasteiger partial charge in [-0.05, 0) is 71.7 Å². The number of nitrogens with one attached hydrogen (secondary N) is 1. The van der Waals surface area contributed by atoms with Gasteiger partial charge in [-0.1, -0.05) is 23.8 Å². The van der Waals surface area contributed by atoms with Gasteiger partial charge in [-0.2, -0.15) is 0 Å². The summed E-state index contributed by atoms with van der Waals surface area (Å²) in [6, 6.07) is 8.60. The highest BCUT2D eigenvalue weighted by atomic mass is 15.2. The van der Waals surface area contributed by atoms with Crippen LogP contribution in [0.4, 0.5) is 0 Å². The Balaban J connectivity index is 1.90. The summed E-state index contributed by atoms with van der Waals surface area (Å²) in [5, 5.41) is 3.83. The molecule has 1 saturated heterocycles. The van der Waals surface area contributed by atoms with Gasteiger partial charge in [0, 0.05) is 18.1 Å². The summed E-state index contributed by atoms with van der Waals surface area (Å²) in [6.45, 7) is 13.7. The molecule has 20 heavy (non-hydrogen) atoms. The smallest absolute Gasteiger partial charge is 0.0296 e. The summed E-state index contributed by atoms with van der Waals surface area (Å²) in [6.07, 6.45) is 2.54. The van der Waals surface area contributed by atoms with Crippen molar-refractivity contribution in [2.75, 3.05) is 13.1 Å². The molecule has 1 heterocycles. The lowest BCUT2D eigenvalue weighted by atomic mass is 9.97. The van der Waals surface area contributed by atoms with Crippen molar-refractivity contribution in [3.8, 4) is 0 Å². The normalized spacial score (nSPS) is 19.5. The fourth-order valence-corrected chi connectivity index (χ4v) is 3.34. The number of piperidine rings is 1. The highest BCUT2D eigenvalue weighted by Crippen LogP contribution is 2.21. The average Bonchev–Trinajstić information content (AvgIpc) is 2.39. The molecule has 1 aromatic carbocycles. The van der Waals surface area contributed by atoms with Gasteiger partial charge in [0.05, 0.1) is 0 Å². The molecule has 112 valence electrons. The minimum Gasteiger partial charge on any atom is -0.307 e.